The van der Waals surface area contributed by atoms with Crippen molar-refractivity contribution in [3.8, 4) is 0 Å². The van der Waals surface area contributed by atoms with Gasteiger partial charge in [-0.15, -0.1) is 0 Å². The van der Waals surface area contributed by atoms with Crippen molar-refractivity contribution in [2.24, 2.45) is 5.73 Å². The number of nitrogens with one attached hydrogen (secondary N) is 1. The van der Waals surface area contributed by atoms with E-state index >= 15 is 0 Å². The molecule has 0 amide bonds. The van der Waals surface area contributed by atoms with Gasteiger partial charge in [-0.25, -0.2) is 9.38 Å². The van der Waals surface area contributed by atoms with Crippen LogP contribution >= 0.6 is 11.8 Å². The van der Waals surface area contributed by atoms with Crippen LogP contribution in [0.25, 0.3) is 0 Å². The van der Waals surface area contributed by atoms with Crippen LogP contribution < -0.4 is 10.7 Å². The first kappa shape index (κ1) is 17.5. The van der Waals surface area contributed by atoms with Crippen molar-refractivity contribution in [1.82, 2.24) is 0 Å². The molecule has 0 heterocycles. The maximum Gasteiger partial charge on any atom is 0.307 e. The van der Waals surface area contributed by atoms with Crippen LogP contribution in [0.1, 0.15) is 33.4 Å². The largest absolute Gasteiger partial charge is 0.307 e. The summed E-state index contributed by atoms with van der Waals surface area (Å²) in [6.07, 6.45) is 0. The predicted octanol–water partition coefficient (Wildman–Crippen LogP) is 3.33. The van der Waals surface area contributed by atoms with Gasteiger partial charge in [-0.2, -0.15) is 0 Å². The Morgan fingerprint density at radius 3 is 1.91 bits per heavy atom. The normalized spacial score (nSPS) is 11.8. The van der Waals surface area contributed by atoms with Crippen LogP contribution in [0.3, 0.4) is 0 Å². The zero-order valence-corrected chi connectivity index (χ0v) is 15.2. The first-order valence-electron chi connectivity index (χ1n) is 7.65. The molecule has 3 N–H and O–H groups in total. The lowest BCUT2D eigenvalue weighted by Crippen LogP contribution is -2.68. The molecule has 2 rings (SSSR count). The highest BCUT2D eigenvalue weighted by molar-refractivity contribution is 8.12. The van der Waals surface area contributed by atoms with E-state index in [0.717, 1.165) is 11.4 Å². The highest BCUT2D eigenvalue weighted by Crippen LogP contribution is 2.28. The molecule has 0 saturated heterocycles. The number of amidine groups is 1. The molecule has 0 radical (unpaired) electrons. The van der Waals surface area contributed by atoms with E-state index in [2.05, 4.69) is 39.6 Å². The molecule has 4 heteroatoms. The van der Waals surface area contributed by atoms with Crippen LogP contribution in [0.2, 0.25) is 0 Å². The van der Waals surface area contributed by atoms with Crippen molar-refractivity contribution in [2.75, 3.05) is 0 Å². The van der Waals surface area contributed by atoms with Crippen molar-refractivity contribution >= 4 is 22.6 Å². The van der Waals surface area contributed by atoms with Crippen LogP contribution in [0.15, 0.2) is 24.3 Å². The Labute approximate surface area is 142 Å². The Hall–Kier alpha value is -1.81. The van der Waals surface area contributed by atoms with Crippen molar-refractivity contribution in [2.45, 2.75) is 40.4 Å². The fraction of sp³-hybridized carbons (Fsp3) is 0.316. The number of halogens is 1. The average Bonchev–Trinajstić information content (AvgIpc) is 2.53. The quantitative estimate of drug-likeness (QED) is 0.669. The van der Waals surface area contributed by atoms with Crippen molar-refractivity contribution in [1.29, 1.82) is 0 Å². The number of nitrogens with two attached hydrogens (primary N) is 1. The number of hydrogen-bond donors (Lipinski definition) is 2. The second-order valence-corrected chi connectivity index (χ2v) is 6.91. The fourth-order valence-electron chi connectivity index (χ4n) is 2.66. The second kappa shape index (κ2) is 7.18. The minimum absolute atomic E-state index is 0.251. The summed E-state index contributed by atoms with van der Waals surface area (Å²) in [6.45, 7) is 10.9. The summed E-state index contributed by atoms with van der Waals surface area (Å²) in [7, 11) is 0. The molecule has 23 heavy (non-hydrogen) atoms. The van der Waals surface area contributed by atoms with Gasteiger partial charge in [0.15, 0.2) is 0 Å². The second-order valence-electron chi connectivity index (χ2n) is 5.89. The lowest BCUT2D eigenvalue weighted by atomic mass is 9.90. The number of rotatable bonds is 3. The molecule has 0 fully saturated rings. The topological polar surface area (TPSA) is 40.0 Å². The first-order valence-corrected chi connectivity index (χ1v) is 8.63. The summed E-state index contributed by atoms with van der Waals surface area (Å²) in [4.78, 5) is 3.11. The van der Waals surface area contributed by atoms with Crippen LogP contribution in [0.4, 0.5) is 10.1 Å². The zero-order valence-electron chi connectivity index (χ0n) is 14.4. The van der Waals surface area contributed by atoms with Crippen LogP contribution in [-0.2, 0) is 5.75 Å². The Kier molecular flexibility index (Phi) is 5.47. The molecule has 0 aliphatic rings. The molecule has 0 spiro atoms. The van der Waals surface area contributed by atoms with Gasteiger partial charge >= 0.3 is 5.17 Å². The molecule has 2 aromatic rings. The molecule has 2 aromatic carbocycles. The van der Waals surface area contributed by atoms with Gasteiger partial charge in [0.05, 0.1) is 0 Å². The molecule has 0 atom stereocenters. The third-order valence-corrected chi connectivity index (χ3v) is 5.49. The lowest BCUT2D eigenvalue weighted by molar-refractivity contribution is -0.351. The van der Waals surface area contributed by atoms with Crippen LogP contribution in [-0.4, -0.2) is 5.17 Å². The summed E-state index contributed by atoms with van der Waals surface area (Å²) < 4.78 is 12.9. The van der Waals surface area contributed by atoms with Crippen LogP contribution in [0, 0.1) is 40.4 Å². The van der Waals surface area contributed by atoms with E-state index in [9.17, 15) is 4.39 Å². The van der Waals surface area contributed by atoms with E-state index in [-0.39, 0.29) is 5.82 Å². The Morgan fingerprint density at radius 2 is 1.39 bits per heavy atom. The molecular formula is C19H24FN2S+. The van der Waals surface area contributed by atoms with Gasteiger partial charge in [0.1, 0.15) is 11.5 Å². The monoisotopic (exact) mass is 331 g/mol. The third-order valence-electron chi connectivity index (χ3n) is 4.64. The minimum atomic E-state index is -0.251. The SMILES string of the molecule is Cc1c(C)c(C)c(CSC(N)=[NH+]c2ccc(F)cc2)c(C)c1C. The average molecular weight is 331 g/mol. The molecule has 0 saturated carbocycles. The molecule has 0 aliphatic heterocycles. The summed E-state index contributed by atoms with van der Waals surface area (Å²) in [6, 6.07) is 6.20. The number of hydrogen-bond acceptors (Lipinski definition) is 1. The lowest BCUT2D eigenvalue weighted by Gasteiger charge is -2.17. The summed E-state index contributed by atoms with van der Waals surface area (Å²) in [5.74, 6) is 0.568. The van der Waals surface area contributed by atoms with Gasteiger partial charge in [-0.05, 0) is 104 Å². The summed E-state index contributed by atoms with van der Waals surface area (Å²) in [5.41, 5.74) is 15.0. The standard InChI is InChI=1S/C19H23FN2S/c1-11-12(2)14(4)18(15(5)13(11)3)10-23-19(21)22-17-8-6-16(20)7-9-17/h6-9H,10H2,1-5H3,(H2,21,22)/p+1. The van der Waals surface area contributed by atoms with E-state index in [1.807, 2.05) is 0 Å². The van der Waals surface area contributed by atoms with E-state index in [1.54, 1.807) is 23.9 Å². The van der Waals surface area contributed by atoms with Crippen molar-refractivity contribution < 1.29 is 9.38 Å². The molecular weight excluding hydrogens is 307 g/mol. The molecule has 0 aromatic heterocycles. The Morgan fingerprint density at radius 1 is 0.913 bits per heavy atom. The van der Waals surface area contributed by atoms with Gasteiger partial charge in [-0.3, -0.25) is 5.73 Å². The summed E-state index contributed by atoms with van der Waals surface area (Å²) >= 11 is 1.57. The molecule has 2 nitrogen and oxygen atoms in total. The molecule has 0 unspecified atom stereocenters. The van der Waals surface area contributed by atoms with Gasteiger partial charge in [0.2, 0.25) is 0 Å². The minimum Gasteiger partial charge on any atom is -0.281 e. The smallest absolute Gasteiger partial charge is 0.281 e. The van der Waals surface area contributed by atoms with Gasteiger partial charge in [-0.1, -0.05) is 0 Å². The third kappa shape index (κ3) is 3.94. The van der Waals surface area contributed by atoms with E-state index in [4.69, 9.17) is 5.73 Å². The van der Waals surface area contributed by atoms with Gasteiger partial charge in [0.25, 0.3) is 0 Å². The van der Waals surface area contributed by atoms with Gasteiger partial charge < -0.3 is 0 Å². The summed E-state index contributed by atoms with van der Waals surface area (Å²) in [5, 5.41) is 0.617. The fourth-order valence-corrected chi connectivity index (χ4v) is 3.58. The number of thioether (sulfide) groups is 1. The Bertz CT molecular complexity index is 720. The van der Waals surface area contributed by atoms with Crippen molar-refractivity contribution in [3.05, 3.63) is 63.5 Å². The first-order chi connectivity index (χ1) is 10.8. The highest BCUT2D eigenvalue weighted by Gasteiger charge is 2.13. The van der Waals surface area contributed by atoms with Crippen LogP contribution in [0.5, 0.6) is 0 Å². The predicted molar refractivity (Wildman–Crippen MR) is 97.6 cm³/mol. The number of benzene rings is 2. The highest BCUT2D eigenvalue weighted by atomic mass is 32.2. The van der Waals surface area contributed by atoms with E-state index in [1.165, 1.54) is 45.5 Å². The van der Waals surface area contributed by atoms with Crippen molar-refractivity contribution in [3.63, 3.8) is 0 Å². The van der Waals surface area contributed by atoms with E-state index < -0.39 is 0 Å². The Balaban J connectivity index is 2.19. The molecule has 0 aliphatic carbocycles. The maximum absolute atomic E-state index is 12.9. The maximum atomic E-state index is 12.9. The zero-order chi connectivity index (χ0) is 17.1. The van der Waals surface area contributed by atoms with Gasteiger partial charge in [0, 0.05) is 5.75 Å². The molecule has 122 valence electrons. The molecule has 0 bridgehead atoms. The van der Waals surface area contributed by atoms with E-state index in [0.29, 0.717) is 5.17 Å².